The van der Waals surface area contributed by atoms with E-state index in [1.54, 1.807) is 0 Å². The Morgan fingerprint density at radius 1 is 0.348 bits per heavy atom. The van der Waals surface area contributed by atoms with E-state index in [9.17, 15) is 0 Å². The normalized spacial score (nSPS) is 10.9. The maximum Gasteiger partial charge on any atom is 0.130 e. The Hall–Kier alpha value is -5.74. The Balaban J connectivity index is 1.24. The fourth-order valence-electron chi connectivity index (χ4n) is 4.87. The molecule has 0 saturated heterocycles. The largest absolute Gasteiger partial charge is 0.489 e. The predicted molar refractivity (Wildman–Crippen MR) is 185 cm³/mol. The van der Waals surface area contributed by atoms with Gasteiger partial charge in [-0.2, -0.15) is 0 Å². The summed E-state index contributed by atoms with van der Waals surface area (Å²) in [7, 11) is 0. The fraction of sp³-hybridized carbons (Fsp3) is 0.0952. The number of ether oxygens (including phenoxy) is 4. The molecule has 46 heavy (non-hydrogen) atoms. The molecule has 0 unspecified atom stereocenters. The first kappa shape index (κ1) is 30.3. The Labute approximate surface area is 271 Å². The van der Waals surface area contributed by atoms with E-state index in [0.29, 0.717) is 26.4 Å². The average Bonchev–Trinajstić information content (AvgIpc) is 3.12. The molecule has 6 rings (SSSR count). The minimum atomic E-state index is 0.449. The lowest BCUT2D eigenvalue weighted by Gasteiger charge is -2.13. The van der Waals surface area contributed by atoms with Crippen LogP contribution in [0.25, 0.3) is 12.2 Å². The molecule has 0 aliphatic rings. The van der Waals surface area contributed by atoms with Gasteiger partial charge in [-0.3, -0.25) is 0 Å². The second kappa shape index (κ2) is 15.8. The maximum atomic E-state index is 6.35. The highest BCUT2D eigenvalue weighted by atomic mass is 16.5. The van der Waals surface area contributed by atoms with Crippen LogP contribution in [0.1, 0.15) is 33.4 Å². The third-order valence-electron chi connectivity index (χ3n) is 7.32. The van der Waals surface area contributed by atoms with Crippen molar-refractivity contribution in [2.24, 2.45) is 0 Å². The predicted octanol–water partition coefficient (Wildman–Crippen LogP) is 10.2. The van der Waals surface area contributed by atoms with E-state index in [1.807, 2.05) is 109 Å². The third-order valence-corrected chi connectivity index (χ3v) is 7.32. The molecule has 0 bridgehead atoms. The van der Waals surface area contributed by atoms with E-state index < -0.39 is 0 Å². The van der Waals surface area contributed by atoms with E-state index in [4.69, 9.17) is 18.9 Å². The monoisotopic (exact) mass is 604 g/mol. The van der Waals surface area contributed by atoms with Crippen LogP contribution in [-0.4, -0.2) is 0 Å². The molecule has 0 amide bonds. The first-order valence-corrected chi connectivity index (χ1v) is 15.4. The molecular formula is C42H36O4. The molecule has 228 valence electrons. The highest BCUT2D eigenvalue weighted by molar-refractivity contribution is 5.74. The maximum absolute atomic E-state index is 6.35. The summed E-state index contributed by atoms with van der Waals surface area (Å²) >= 11 is 0. The summed E-state index contributed by atoms with van der Waals surface area (Å²) in [6.45, 7) is 1.86. The summed E-state index contributed by atoms with van der Waals surface area (Å²) in [6.07, 6.45) is 4.11. The Bertz CT molecular complexity index is 1760. The number of hydrogen-bond donors (Lipinski definition) is 0. The smallest absolute Gasteiger partial charge is 0.130 e. The summed E-state index contributed by atoms with van der Waals surface area (Å²) in [6, 6.07) is 52.5. The zero-order valence-corrected chi connectivity index (χ0v) is 25.6. The minimum Gasteiger partial charge on any atom is -0.489 e. The van der Waals surface area contributed by atoms with Crippen LogP contribution in [0.3, 0.4) is 0 Å². The van der Waals surface area contributed by atoms with E-state index >= 15 is 0 Å². The van der Waals surface area contributed by atoms with Crippen molar-refractivity contribution in [1.82, 2.24) is 0 Å². The van der Waals surface area contributed by atoms with Crippen LogP contribution in [0, 0.1) is 0 Å². The van der Waals surface area contributed by atoms with Gasteiger partial charge in [0.1, 0.15) is 49.4 Å². The van der Waals surface area contributed by atoms with E-state index in [1.165, 1.54) is 0 Å². The van der Waals surface area contributed by atoms with Gasteiger partial charge in [-0.25, -0.2) is 0 Å². The summed E-state index contributed by atoms with van der Waals surface area (Å²) in [5.41, 5.74) is 6.29. The van der Waals surface area contributed by atoms with Gasteiger partial charge in [0.15, 0.2) is 0 Å². The lowest BCUT2D eigenvalue weighted by molar-refractivity contribution is 0.289. The zero-order chi connectivity index (χ0) is 31.2. The minimum absolute atomic E-state index is 0.449. The van der Waals surface area contributed by atoms with Crippen LogP contribution in [0.15, 0.2) is 158 Å². The molecule has 0 atom stereocenters. The Kier molecular flexibility index (Phi) is 10.4. The van der Waals surface area contributed by atoms with Crippen molar-refractivity contribution >= 4 is 12.2 Å². The van der Waals surface area contributed by atoms with Crippen molar-refractivity contribution in [2.45, 2.75) is 26.4 Å². The highest BCUT2D eigenvalue weighted by Crippen LogP contribution is 2.30. The fourth-order valence-corrected chi connectivity index (χ4v) is 4.87. The zero-order valence-electron chi connectivity index (χ0n) is 25.6. The topological polar surface area (TPSA) is 36.9 Å². The molecule has 4 nitrogen and oxygen atoms in total. The van der Waals surface area contributed by atoms with Gasteiger partial charge in [0.25, 0.3) is 0 Å². The van der Waals surface area contributed by atoms with Crippen LogP contribution in [0.5, 0.6) is 23.0 Å². The Morgan fingerprint density at radius 2 is 0.761 bits per heavy atom. The van der Waals surface area contributed by atoms with Gasteiger partial charge in [0.05, 0.1) is 0 Å². The quantitative estimate of drug-likeness (QED) is 0.116. The molecule has 0 aromatic heterocycles. The summed E-state index contributed by atoms with van der Waals surface area (Å²) < 4.78 is 24.9. The molecule has 0 fully saturated rings. The van der Waals surface area contributed by atoms with Gasteiger partial charge in [-0.15, -0.1) is 0 Å². The molecule has 0 aliphatic carbocycles. The molecule has 6 aromatic rings. The first-order valence-electron chi connectivity index (χ1n) is 15.4. The summed E-state index contributed by atoms with van der Waals surface area (Å²) in [5, 5.41) is 0. The van der Waals surface area contributed by atoms with E-state index in [2.05, 4.69) is 60.7 Å². The van der Waals surface area contributed by atoms with Gasteiger partial charge in [-0.05, 0) is 52.1 Å². The summed E-state index contributed by atoms with van der Waals surface area (Å²) in [4.78, 5) is 0. The van der Waals surface area contributed by atoms with Crippen molar-refractivity contribution in [3.8, 4) is 23.0 Å². The van der Waals surface area contributed by atoms with Gasteiger partial charge in [-0.1, -0.05) is 133 Å². The SMILES string of the molecule is C(=Cc1ccc(OCc2ccccc2)cc1OCc1ccccc1)c1cc(OCc2ccccc2)cc(OCc2ccccc2)c1. The second-order valence-corrected chi connectivity index (χ2v) is 10.9. The van der Waals surface area contributed by atoms with Crippen LogP contribution >= 0.6 is 0 Å². The molecule has 4 heteroatoms. The molecule has 6 aromatic carbocycles. The van der Waals surface area contributed by atoms with E-state index in [-0.39, 0.29) is 0 Å². The number of hydrogen-bond acceptors (Lipinski definition) is 4. The van der Waals surface area contributed by atoms with Crippen LogP contribution in [-0.2, 0) is 26.4 Å². The second-order valence-electron chi connectivity index (χ2n) is 10.9. The first-order chi connectivity index (χ1) is 22.8. The van der Waals surface area contributed by atoms with Gasteiger partial charge in [0, 0.05) is 17.7 Å². The van der Waals surface area contributed by atoms with Crippen LogP contribution in [0.4, 0.5) is 0 Å². The molecule has 0 aliphatic heterocycles. The summed E-state index contributed by atoms with van der Waals surface area (Å²) in [5.74, 6) is 2.96. The van der Waals surface area contributed by atoms with Crippen molar-refractivity contribution in [3.63, 3.8) is 0 Å². The van der Waals surface area contributed by atoms with E-state index in [0.717, 1.165) is 56.4 Å². The van der Waals surface area contributed by atoms with Crippen molar-refractivity contribution in [1.29, 1.82) is 0 Å². The van der Waals surface area contributed by atoms with Crippen molar-refractivity contribution < 1.29 is 18.9 Å². The molecule has 0 heterocycles. The van der Waals surface area contributed by atoms with Gasteiger partial charge >= 0.3 is 0 Å². The van der Waals surface area contributed by atoms with Crippen molar-refractivity contribution in [2.75, 3.05) is 0 Å². The number of rotatable bonds is 14. The Morgan fingerprint density at radius 3 is 1.22 bits per heavy atom. The molecule has 0 saturated carbocycles. The van der Waals surface area contributed by atoms with Gasteiger partial charge in [0.2, 0.25) is 0 Å². The lowest BCUT2D eigenvalue weighted by atomic mass is 10.1. The van der Waals surface area contributed by atoms with Crippen LogP contribution in [0.2, 0.25) is 0 Å². The lowest BCUT2D eigenvalue weighted by Crippen LogP contribution is -1.99. The van der Waals surface area contributed by atoms with Crippen molar-refractivity contribution in [3.05, 3.63) is 191 Å². The van der Waals surface area contributed by atoms with Gasteiger partial charge < -0.3 is 18.9 Å². The molecule has 0 radical (unpaired) electrons. The molecular weight excluding hydrogens is 568 g/mol. The molecule has 0 spiro atoms. The average molecular weight is 605 g/mol. The van der Waals surface area contributed by atoms with Crippen LogP contribution < -0.4 is 18.9 Å². The highest BCUT2D eigenvalue weighted by Gasteiger charge is 2.08. The molecule has 0 N–H and O–H groups in total. The number of benzene rings is 6. The standard InChI is InChI=1S/C42H36O4/c1-5-13-33(14-6-1)29-43-39-24-23-38(42(28-39)46-32-36-19-11-4-12-20-36)22-21-37-25-40(44-30-34-15-7-2-8-16-34)27-41(26-37)45-31-35-17-9-3-10-18-35/h1-28H,29-32H2. The third kappa shape index (κ3) is 9.13.